The Morgan fingerprint density at radius 3 is 2.50 bits per heavy atom. The van der Waals surface area contributed by atoms with E-state index in [0.717, 1.165) is 34.0 Å². The minimum absolute atomic E-state index is 0.0818. The Hall–Kier alpha value is -2.88. The minimum atomic E-state index is -0.0818. The molecule has 1 amide bonds. The third kappa shape index (κ3) is 2.60. The van der Waals surface area contributed by atoms with E-state index >= 15 is 0 Å². The van der Waals surface area contributed by atoms with Crippen LogP contribution in [0.25, 0.3) is 10.8 Å². The Morgan fingerprint density at radius 2 is 1.71 bits per heavy atom. The van der Waals surface area contributed by atoms with E-state index in [1.165, 1.54) is 0 Å². The van der Waals surface area contributed by atoms with Gasteiger partial charge in [0.05, 0.1) is 13.0 Å². The average Bonchev–Trinajstić information content (AvgIpc) is 2.62. The maximum absolute atomic E-state index is 12.6. The van der Waals surface area contributed by atoms with Crippen LogP contribution in [0.15, 0.2) is 59.4 Å². The molecule has 0 spiro atoms. The van der Waals surface area contributed by atoms with Gasteiger partial charge in [0.1, 0.15) is 0 Å². The van der Waals surface area contributed by atoms with Gasteiger partial charge in [-0.05, 0) is 29.0 Å². The number of aromatic amines is 1. The number of carbonyl (C=O) groups excluding carboxylic acids is 1. The Morgan fingerprint density at radius 1 is 1.00 bits per heavy atom. The van der Waals surface area contributed by atoms with Gasteiger partial charge in [-0.1, -0.05) is 48.5 Å². The predicted molar refractivity (Wildman–Crippen MR) is 93.8 cm³/mol. The summed E-state index contributed by atoms with van der Waals surface area (Å²) in [4.78, 5) is 29.6. The van der Waals surface area contributed by atoms with Crippen LogP contribution in [0.2, 0.25) is 0 Å². The number of H-pyrrole nitrogens is 1. The quantitative estimate of drug-likeness (QED) is 0.790. The van der Waals surface area contributed by atoms with Gasteiger partial charge in [-0.3, -0.25) is 9.59 Å². The van der Waals surface area contributed by atoms with E-state index in [-0.39, 0.29) is 11.5 Å². The Labute approximate surface area is 139 Å². The first-order chi connectivity index (χ1) is 11.7. The number of fused-ring (bicyclic) bond motifs is 3. The highest BCUT2D eigenvalue weighted by atomic mass is 16.2. The van der Waals surface area contributed by atoms with Gasteiger partial charge in [-0.25, -0.2) is 0 Å². The zero-order chi connectivity index (χ0) is 16.5. The first kappa shape index (κ1) is 14.7. The van der Waals surface area contributed by atoms with Crippen LogP contribution in [-0.4, -0.2) is 22.3 Å². The van der Waals surface area contributed by atoms with E-state index in [1.807, 2.05) is 59.5 Å². The van der Waals surface area contributed by atoms with E-state index in [2.05, 4.69) is 4.98 Å². The molecule has 2 aromatic carbocycles. The zero-order valence-electron chi connectivity index (χ0n) is 13.3. The van der Waals surface area contributed by atoms with Crippen LogP contribution < -0.4 is 5.56 Å². The topological polar surface area (TPSA) is 53.2 Å². The molecule has 1 aliphatic heterocycles. The number of nitrogens with zero attached hydrogens (tertiary/aromatic N) is 1. The van der Waals surface area contributed by atoms with Crippen molar-refractivity contribution < 1.29 is 4.79 Å². The van der Waals surface area contributed by atoms with Crippen molar-refractivity contribution in [1.29, 1.82) is 0 Å². The number of aromatic nitrogens is 1. The Balaban J connectivity index is 1.62. The number of hydrogen-bond acceptors (Lipinski definition) is 2. The van der Waals surface area contributed by atoms with Crippen LogP contribution in [0, 0.1) is 0 Å². The fourth-order valence-corrected chi connectivity index (χ4v) is 3.42. The normalized spacial score (nSPS) is 13.8. The van der Waals surface area contributed by atoms with E-state index in [9.17, 15) is 9.59 Å². The van der Waals surface area contributed by atoms with Crippen LogP contribution >= 0.6 is 0 Å². The largest absolute Gasteiger partial charge is 0.336 e. The van der Waals surface area contributed by atoms with E-state index in [0.29, 0.717) is 19.5 Å². The number of amides is 1. The second-order valence-electron chi connectivity index (χ2n) is 6.18. The van der Waals surface area contributed by atoms with Crippen molar-refractivity contribution in [3.63, 3.8) is 0 Å². The van der Waals surface area contributed by atoms with Crippen molar-refractivity contribution in [2.45, 2.75) is 19.4 Å². The van der Waals surface area contributed by atoms with Crippen LogP contribution in [0.5, 0.6) is 0 Å². The lowest BCUT2D eigenvalue weighted by molar-refractivity contribution is -0.131. The van der Waals surface area contributed by atoms with Gasteiger partial charge in [0, 0.05) is 17.6 Å². The molecule has 1 aliphatic rings. The minimum Gasteiger partial charge on any atom is -0.336 e. The molecule has 3 aromatic rings. The third-order valence-corrected chi connectivity index (χ3v) is 4.66. The number of nitrogens with one attached hydrogen (secondary N) is 1. The molecule has 0 bridgehead atoms. The highest BCUT2D eigenvalue weighted by Gasteiger charge is 2.23. The predicted octanol–water partition coefficient (Wildman–Crippen LogP) is 2.66. The number of pyridine rings is 1. The van der Waals surface area contributed by atoms with Crippen molar-refractivity contribution in [3.8, 4) is 0 Å². The lowest BCUT2D eigenvalue weighted by Crippen LogP contribution is -2.38. The molecule has 0 radical (unpaired) electrons. The summed E-state index contributed by atoms with van der Waals surface area (Å²) >= 11 is 0. The van der Waals surface area contributed by atoms with Gasteiger partial charge in [-0.15, -0.1) is 0 Å². The molecule has 4 rings (SSSR count). The lowest BCUT2D eigenvalue weighted by atomic mass is 9.97. The SMILES string of the molecule is O=C(Cc1ccccc1)N1CCc2c([nH]c(=O)c3ccccc23)C1. The monoisotopic (exact) mass is 318 g/mol. The molecule has 1 N–H and O–H groups in total. The standard InChI is InChI=1S/C20H18N2O2/c23-19(12-14-6-2-1-3-7-14)22-11-10-16-15-8-4-5-9-17(15)20(24)21-18(16)13-22/h1-9H,10-13H2,(H,21,24). The molecule has 1 aromatic heterocycles. The van der Waals surface area contributed by atoms with E-state index < -0.39 is 0 Å². The molecule has 120 valence electrons. The van der Waals surface area contributed by atoms with Gasteiger partial charge >= 0.3 is 0 Å². The summed E-state index contributed by atoms with van der Waals surface area (Å²) in [5, 5.41) is 1.73. The van der Waals surface area contributed by atoms with Crippen LogP contribution in [0.1, 0.15) is 16.8 Å². The Kier molecular flexibility index (Phi) is 3.65. The fourth-order valence-electron chi connectivity index (χ4n) is 3.42. The first-order valence-electron chi connectivity index (χ1n) is 8.17. The summed E-state index contributed by atoms with van der Waals surface area (Å²) in [5.41, 5.74) is 2.96. The maximum Gasteiger partial charge on any atom is 0.256 e. The molecule has 0 fully saturated rings. The molecule has 0 saturated carbocycles. The summed E-state index contributed by atoms with van der Waals surface area (Å²) in [6.45, 7) is 1.16. The number of carbonyl (C=O) groups is 1. The van der Waals surface area contributed by atoms with E-state index in [1.54, 1.807) is 0 Å². The van der Waals surface area contributed by atoms with Crippen molar-refractivity contribution in [3.05, 3.63) is 81.8 Å². The van der Waals surface area contributed by atoms with Crippen molar-refractivity contribution in [2.75, 3.05) is 6.54 Å². The second-order valence-corrected chi connectivity index (χ2v) is 6.18. The molecule has 0 atom stereocenters. The molecule has 0 aliphatic carbocycles. The molecule has 24 heavy (non-hydrogen) atoms. The van der Waals surface area contributed by atoms with Crippen LogP contribution in [0.3, 0.4) is 0 Å². The lowest BCUT2D eigenvalue weighted by Gasteiger charge is -2.29. The zero-order valence-corrected chi connectivity index (χ0v) is 13.3. The second kappa shape index (κ2) is 5.96. The highest BCUT2D eigenvalue weighted by molar-refractivity contribution is 5.86. The summed E-state index contributed by atoms with van der Waals surface area (Å²) in [6.07, 6.45) is 1.17. The summed E-state index contributed by atoms with van der Waals surface area (Å²) in [5.74, 6) is 0.0980. The smallest absolute Gasteiger partial charge is 0.256 e. The van der Waals surface area contributed by atoms with Crippen LogP contribution in [-0.2, 0) is 24.2 Å². The first-order valence-corrected chi connectivity index (χ1v) is 8.17. The van der Waals surface area contributed by atoms with Gasteiger partial charge in [0.2, 0.25) is 5.91 Å². The van der Waals surface area contributed by atoms with E-state index in [4.69, 9.17) is 0 Å². The molecule has 4 nitrogen and oxygen atoms in total. The maximum atomic E-state index is 12.6. The molecule has 0 unspecified atom stereocenters. The number of hydrogen-bond donors (Lipinski definition) is 1. The molecular formula is C20H18N2O2. The number of rotatable bonds is 2. The van der Waals surface area contributed by atoms with Crippen molar-refractivity contribution in [2.24, 2.45) is 0 Å². The van der Waals surface area contributed by atoms with Crippen LogP contribution in [0.4, 0.5) is 0 Å². The number of benzene rings is 2. The van der Waals surface area contributed by atoms with Crippen molar-refractivity contribution in [1.82, 2.24) is 9.88 Å². The average molecular weight is 318 g/mol. The Bertz CT molecular complexity index is 960. The summed E-state index contributed by atoms with van der Waals surface area (Å²) in [7, 11) is 0. The molecular weight excluding hydrogens is 300 g/mol. The van der Waals surface area contributed by atoms with Crippen molar-refractivity contribution >= 4 is 16.7 Å². The van der Waals surface area contributed by atoms with Gasteiger partial charge < -0.3 is 9.88 Å². The fraction of sp³-hybridized carbons (Fsp3) is 0.200. The molecule has 0 saturated heterocycles. The van der Waals surface area contributed by atoms with Gasteiger partial charge in [0.25, 0.3) is 5.56 Å². The van der Waals surface area contributed by atoms with Gasteiger partial charge in [0.15, 0.2) is 0 Å². The third-order valence-electron chi connectivity index (χ3n) is 4.66. The molecule has 2 heterocycles. The summed E-state index contributed by atoms with van der Waals surface area (Å²) < 4.78 is 0. The summed E-state index contributed by atoms with van der Waals surface area (Å²) in [6, 6.07) is 17.4. The molecule has 4 heteroatoms. The van der Waals surface area contributed by atoms with Gasteiger partial charge in [-0.2, -0.15) is 0 Å². The highest BCUT2D eigenvalue weighted by Crippen LogP contribution is 2.24.